The Morgan fingerprint density at radius 1 is 1.04 bits per heavy atom. The van der Waals surface area contributed by atoms with Crippen molar-refractivity contribution in [3.05, 3.63) is 70.7 Å². The number of carboxylic acids is 1. The summed E-state index contributed by atoms with van der Waals surface area (Å²) >= 11 is 5.89. The van der Waals surface area contributed by atoms with E-state index in [2.05, 4.69) is 0 Å². The number of carbonyl (C=O) groups excluding carboxylic acids is 1. The van der Waals surface area contributed by atoms with E-state index in [0.29, 0.717) is 5.02 Å². The van der Waals surface area contributed by atoms with Gasteiger partial charge in [-0.05, 0) is 29.2 Å². The van der Waals surface area contributed by atoms with Gasteiger partial charge in [0.25, 0.3) is 0 Å². The van der Waals surface area contributed by atoms with Gasteiger partial charge in [-0.25, -0.2) is 9.59 Å². The number of halogens is 1. The summed E-state index contributed by atoms with van der Waals surface area (Å²) < 4.78 is 5.37. The Bertz CT molecular complexity index is 731. The van der Waals surface area contributed by atoms with Gasteiger partial charge in [0.15, 0.2) is 0 Å². The summed E-state index contributed by atoms with van der Waals surface area (Å²) in [5.41, 5.74) is 1.61. The lowest BCUT2D eigenvalue weighted by Crippen LogP contribution is -2.47. The van der Waals surface area contributed by atoms with Gasteiger partial charge in [0.1, 0.15) is 12.6 Å². The van der Waals surface area contributed by atoms with E-state index in [-0.39, 0.29) is 19.1 Å². The van der Waals surface area contributed by atoms with Gasteiger partial charge in [-0.1, -0.05) is 67.9 Å². The van der Waals surface area contributed by atoms with Crippen LogP contribution in [0.2, 0.25) is 5.02 Å². The van der Waals surface area contributed by atoms with Crippen molar-refractivity contribution in [1.82, 2.24) is 4.90 Å². The van der Waals surface area contributed by atoms with E-state index >= 15 is 0 Å². The van der Waals surface area contributed by atoms with Crippen LogP contribution in [0.25, 0.3) is 0 Å². The lowest BCUT2D eigenvalue weighted by molar-refractivity contribution is -0.144. The molecule has 0 aromatic heterocycles. The Balaban J connectivity index is 2.19. The van der Waals surface area contributed by atoms with Crippen LogP contribution in [0, 0.1) is 5.92 Å². The molecule has 1 N–H and O–H groups in total. The fourth-order valence-corrected chi connectivity index (χ4v) is 2.77. The molecule has 0 saturated heterocycles. The second kappa shape index (κ2) is 9.25. The number of hydrogen-bond donors (Lipinski definition) is 1. The summed E-state index contributed by atoms with van der Waals surface area (Å²) in [6.45, 7) is 3.73. The molecule has 0 saturated carbocycles. The molecule has 0 bridgehead atoms. The Labute approximate surface area is 158 Å². The SMILES string of the molecule is CC(C)C(C(=O)O)N(Cc1ccc(Cl)cc1)C(=O)OCc1ccccc1. The monoisotopic (exact) mass is 375 g/mol. The van der Waals surface area contributed by atoms with Crippen molar-refractivity contribution in [3.8, 4) is 0 Å². The average Bonchev–Trinajstić information content (AvgIpc) is 2.61. The number of carbonyl (C=O) groups is 2. The number of carboxylic acid groups (broad SMARTS) is 1. The first-order chi connectivity index (χ1) is 12.4. The molecule has 6 heteroatoms. The Kier molecular flexibility index (Phi) is 7.04. The fraction of sp³-hybridized carbons (Fsp3) is 0.300. The van der Waals surface area contributed by atoms with Crippen LogP contribution in [0.1, 0.15) is 25.0 Å². The molecule has 1 atom stereocenters. The van der Waals surface area contributed by atoms with E-state index in [1.54, 1.807) is 38.1 Å². The highest BCUT2D eigenvalue weighted by atomic mass is 35.5. The second-order valence-corrected chi connectivity index (χ2v) is 6.76. The number of aliphatic carboxylic acids is 1. The zero-order valence-corrected chi connectivity index (χ0v) is 15.5. The normalized spacial score (nSPS) is 11.8. The molecule has 138 valence electrons. The molecule has 5 nitrogen and oxygen atoms in total. The maximum atomic E-state index is 12.7. The summed E-state index contributed by atoms with van der Waals surface area (Å²) in [6.07, 6.45) is -0.662. The third-order valence-corrected chi connectivity index (χ3v) is 4.18. The predicted octanol–water partition coefficient (Wildman–Crippen LogP) is 4.59. The van der Waals surface area contributed by atoms with Gasteiger partial charge in [-0.3, -0.25) is 4.90 Å². The Morgan fingerprint density at radius 3 is 2.19 bits per heavy atom. The Hall–Kier alpha value is -2.53. The molecular formula is C20H22ClNO4. The van der Waals surface area contributed by atoms with Crippen LogP contribution >= 0.6 is 11.6 Å². The molecule has 0 fully saturated rings. The third-order valence-electron chi connectivity index (χ3n) is 3.93. The van der Waals surface area contributed by atoms with Crippen molar-refractivity contribution < 1.29 is 19.4 Å². The average molecular weight is 376 g/mol. The molecule has 0 radical (unpaired) electrons. The van der Waals surface area contributed by atoms with Crippen LogP contribution in [0.4, 0.5) is 4.79 Å². The van der Waals surface area contributed by atoms with Gasteiger partial charge < -0.3 is 9.84 Å². The molecule has 2 aromatic rings. The Morgan fingerprint density at radius 2 is 1.65 bits per heavy atom. The molecule has 0 aliphatic carbocycles. The maximum Gasteiger partial charge on any atom is 0.411 e. The number of ether oxygens (including phenoxy) is 1. The maximum absolute atomic E-state index is 12.7. The summed E-state index contributed by atoms with van der Waals surface area (Å²) in [4.78, 5) is 25.6. The minimum absolute atomic E-state index is 0.0845. The van der Waals surface area contributed by atoms with Crippen LogP contribution in [0.15, 0.2) is 54.6 Å². The van der Waals surface area contributed by atoms with E-state index in [1.165, 1.54) is 4.90 Å². The highest BCUT2D eigenvalue weighted by Crippen LogP contribution is 2.19. The topological polar surface area (TPSA) is 66.8 Å². The van der Waals surface area contributed by atoms with Crippen molar-refractivity contribution in [2.75, 3.05) is 0 Å². The van der Waals surface area contributed by atoms with Gasteiger partial charge >= 0.3 is 12.1 Å². The number of nitrogens with zero attached hydrogens (tertiary/aromatic N) is 1. The van der Waals surface area contributed by atoms with Gasteiger partial charge in [-0.2, -0.15) is 0 Å². The van der Waals surface area contributed by atoms with Crippen LogP contribution < -0.4 is 0 Å². The molecule has 26 heavy (non-hydrogen) atoms. The van der Waals surface area contributed by atoms with Crippen molar-refractivity contribution in [2.24, 2.45) is 5.92 Å². The molecular weight excluding hydrogens is 354 g/mol. The lowest BCUT2D eigenvalue weighted by atomic mass is 10.0. The summed E-state index contributed by atoms with van der Waals surface area (Å²) in [5, 5.41) is 10.2. The van der Waals surface area contributed by atoms with Crippen molar-refractivity contribution in [1.29, 1.82) is 0 Å². The quantitative estimate of drug-likeness (QED) is 0.768. The minimum Gasteiger partial charge on any atom is -0.480 e. The zero-order valence-electron chi connectivity index (χ0n) is 14.8. The van der Waals surface area contributed by atoms with E-state index in [4.69, 9.17) is 16.3 Å². The largest absolute Gasteiger partial charge is 0.480 e. The summed E-state index contributed by atoms with van der Waals surface area (Å²) in [6, 6.07) is 15.2. The summed E-state index contributed by atoms with van der Waals surface area (Å²) in [5.74, 6) is -1.34. The number of hydrogen-bond acceptors (Lipinski definition) is 3. The van der Waals surface area contributed by atoms with E-state index in [0.717, 1.165) is 11.1 Å². The van der Waals surface area contributed by atoms with Gasteiger partial charge in [0.05, 0.1) is 0 Å². The first-order valence-corrected chi connectivity index (χ1v) is 8.71. The second-order valence-electron chi connectivity index (χ2n) is 6.32. The first-order valence-electron chi connectivity index (χ1n) is 8.33. The number of rotatable bonds is 7. The number of benzene rings is 2. The molecule has 0 aliphatic heterocycles. The minimum atomic E-state index is -1.06. The fourth-order valence-electron chi connectivity index (χ4n) is 2.64. The molecule has 1 unspecified atom stereocenters. The van der Waals surface area contributed by atoms with Crippen molar-refractivity contribution in [2.45, 2.75) is 33.0 Å². The van der Waals surface area contributed by atoms with Gasteiger partial charge in [-0.15, -0.1) is 0 Å². The van der Waals surface area contributed by atoms with Gasteiger partial charge in [0.2, 0.25) is 0 Å². The van der Waals surface area contributed by atoms with Crippen molar-refractivity contribution >= 4 is 23.7 Å². The van der Waals surface area contributed by atoms with Crippen LogP contribution in [-0.4, -0.2) is 28.1 Å². The first kappa shape index (κ1) is 19.8. The van der Waals surface area contributed by atoms with E-state index in [1.807, 2.05) is 30.3 Å². The van der Waals surface area contributed by atoms with Gasteiger partial charge in [0, 0.05) is 11.6 Å². The molecule has 0 heterocycles. The number of amides is 1. The highest BCUT2D eigenvalue weighted by molar-refractivity contribution is 6.30. The lowest BCUT2D eigenvalue weighted by Gasteiger charge is -2.30. The molecule has 2 aromatic carbocycles. The smallest absolute Gasteiger partial charge is 0.411 e. The zero-order chi connectivity index (χ0) is 19.1. The molecule has 0 aliphatic rings. The predicted molar refractivity (Wildman–Crippen MR) is 99.9 cm³/mol. The van der Waals surface area contributed by atoms with E-state index in [9.17, 15) is 14.7 Å². The molecule has 1 amide bonds. The molecule has 0 spiro atoms. The standard InChI is InChI=1S/C20H22ClNO4/c1-14(2)18(19(23)24)22(12-15-8-10-17(21)11-9-15)20(25)26-13-16-6-4-3-5-7-16/h3-11,14,18H,12-13H2,1-2H3,(H,23,24). The van der Waals surface area contributed by atoms with Crippen LogP contribution in [0.5, 0.6) is 0 Å². The highest BCUT2D eigenvalue weighted by Gasteiger charge is 2.33. The third kappa shape index (κ3) is 5.49. The van der Waals surface area contributed by atoms with Crippen LogP contribution in [0.3, 0.4) is 0 Å². The summed E-state index contributed by atoms with van der Waals surface area (Å²) in [7, 11) is 0. The molecule has 2 rings (SSSR count). The van der Waals surface area contributed by atoms with Crippen LogP contribution in [-0.2, 0) is 22.7 Å². The van der Waals surface area contributed by atoms with Crippen molar-refractivity contribution in [3.63, 3.8) is 0 Å². The van der Waals surface area contributed by atoms with E-state index < -0.39 is 18.1 Å².